The molecule has 0 saturated carbocycles. The van der Waals surface area contributed by atoms with Crippen molar-refractivity contribution in [3.63, 3.8) is 0 Å². The van der Waals surface area contributed by atoms with E-state index in [0.717, 1.165) is 5.56 Å². The van der Waals surface area contributed by atoms with Crippen molar-refractivity contribution < 1.29 is 14.7 Å². The van der Waals surface area contributed by atoms with Crippen molar-refractivity contribution in [2.45, 2.75) is 46.5 Å². The van der Waals surface area contributed by atoms with Gasteiger partial charge in [-0.2, -0.15) is 0 Å². The molecular formula is C17H24O3. The van der Waals surface area contributed by atoms with Gasteiger partial charge >= 0.3 is 5.97 Å². The number of ketones is 1. The van der Waals surface area contributed by atoms with Gasteiger partial charge in [0.05, 0.1) is 5.92 Å². The van der Waals surface area contributed by atoms with Gasteiger partial charge in [-0.05, 0) is 16.9 Å². The third-order valence-corrected chi connectivity index (χ3v) is 3.60. The molecule has 0 spiro atoms. The van der Waals surface area contributed by atoms with Crippen LogP contribution in [0, 0.1) is 11.8 Å². The Morgan fingerprint density at radius 1 is 1.10 bits per heavy atom. The van der Waals surface area contributed by atoms with E-state index in [1.165, 1.54) is 0 Å². The number of carboxylic acid groups (broad SMARTS) is 1. The number of carboxylic acids is 1. The third-order valence-electron chi connectivity index (χ3n) is 3.60. The van der Waals surface area contributed by atoms with Gasteiger partial charge in [0.2, 0.25) is 0 Å². The molecule has 3 nitrogen and oxygen atoms in total. The first kappa shape index (κ1) is 16.4. The van der Waals surface area contributed by atoms with Crippen LogP contribution in [0.4, 0.5) is 0 Å². The monoisotopic (exact) mass is 276 g/mol. The van der Waals surface area contributed by atoms with E-state index in [2.05, 4.69) is 20.8 Å². The van der Waals surface area contributed by atoms with Crippen molar-refractivity contribution in [1.29, 1.82) is 0 Å². The number of benzene rings is 1. The lowest BCUT2D eigenvalue weighted by Crippen LogP contribution is -2.23. The summed E-state index contributed by atoms with van der Waals surface area (Å²) in [6.45, 7) is 10.00. The highest BCUT2D eigenvalue weighted by molar-refractivity contribution is 5.98. The molecule has 1 N–H and O–H groups in total. The predicted octanol–water partition coefficient (Wildman–Crippen LogP) is 3.91. The maximum absolute atomic E-state index is 12.2. The highest BCUT2D eigenvalue weighted by Crippen LogP contribution is 2.24. The van der Waals surface area contributed by atoms with Gasteiger partial charge in [0.15, 0.2) is 5.78 Å². The summed E-state index contributed by atoms with van der Waals surface area (Å²) in [4.78, 5) is 23.3. The molecule has 0 fully saturated rings. The Balaban J connectivity index is 2.85. The van der Waals surface area contributed by atoms with Gasteiger partial charge < -0.3 is 5.11 Å². The molecule has 110 valence electrons. The molecule has 3 heteroatoms. The average molecular weight is 276 g/mol. The van der Waals surface area contributed by atoms with Gasteiger partial charge in [-0.3, -0.25) is 9.59 Å². The van der Waals surface area contributed by atoms with Gasteiger partial charge in [-0.25, -0.2) is 0 Å². The molecule has 0 aliphatic heterocycles. The minimum absolute atomic E-state index is 0.0448. The van der Waals surface area contributed by atoms with Crippen molar-refractivity contribution in [1.82, 2.24) is 0 Å². The fourth-order valence-electron chi connectivity index (χ4n) is 2.08. The average Bonchev–Trinajstić information content (AvgIpc) is 2.34. The summed E-state index contributed by atoms with van der Waals surface area (Å²) in [5, 5.41) is 9.14. The number of hydrogen-bond acceptors (Lipinski definition) is 2. The van der Waals surface area contributed by atoms with Crippen LogP contribution in [-0.2, 0) is 10.2 Å². The fourth-order valence-corrected chi connectivity index (χ4v) is 2.08. The molecule has 1 unspecified atom stereocenters. The Kier molecular flexibility index (Phi) is 5.09. The summed E-state index contributed by atoms with van der Waals surface area (Å²) in [6, 6.07) is 7.47. The van der Waals surface area contributed by atoms with Crippen LogP contribution in [0.5, 0.6) is 0 Å². The van der Waals surface area contributed by atoms with Crippen molar-refractivity contribution in [2.75, 3.05) is 0 Å². The molecule has 0 saturated heterocycles. The van der Waals surface area contributed by atoms with Gasteiger partial charge in [-0.15, -0.1) is 0 Å². The first-order valence-corrected chi connectivity index (χ1v) is 6.99. The van der Waals surface area contributed by atoms with E-state index in [0.29, 0.717) is 5.56 Å². The van der Waals surface area contributed by atoms with Crippen LogP contribution in [-0.4, -0.2) is 16.9 Å². The molecular weight excluding hydrogens is 252 g/mol. The van der Waals surface area contributed by atoms with Gasteiger partial charge in [0, 0.05) is 12.0 Å². The lowest BCUT2D eigenvalue weighted by atomic mass is 9.85. The van der Waals surface area contributed by atoms with E-state index in [1.807, 2.05) is 26.0 Å². The van der Waals surface area contributed by atoms with Crippen molar-refractivity contribution >= 4 is 11.8 Å². The quantitative estimate of drug-likeness (QED) is 0.829. The van der Waals surface area contributed by atoms with E-state index in [1.54, 1.807) is 12.1 Å². The number of carbonyl (C=O) groups excluding carboxylic acids is 1. The van der Waals surface area contributed by atoms with Gasteiger partial charge in [0.1, 0.15) is 0 Å². The van der Waals surface area contributed by atoms with E-state index >= 15 is 0 Å². The maximum atomic E-state index is 12.2. The molecule has 1 aromatic rings. The first-order valence-electron chi connectivity index (χ1n) is 6.99. The zero-order valence-electron chi connectivity index (χ0n) is 12.9. The third kappa shape index (κ3) is 4.19. The molecule has 0 aliphatic carbocycles. The van der Waals surface area contributed by atoms with Gasteiger partial charge in [0.25, 0.3) is 0 Å². The molecule has 0 heterocycles. The summed E-state index contributed by atoms with van der Waals surface area (Å²) in [7, 11) is 0. The first-order chi connectivity index (χ1) is 9.12. The van der Waals surface area contributed by atoms with Crippen LogP contribution in [0.1, 0.15) is 57.0 Å². The Morgan fingerprint density at radius 3 is 1.95 bits per heavy atom. The largest absolute Gasteiger partial charge is 0.481 e. The second-order valence-corrected chi connectivity index (χ2v) is 6.64. The Labute approximate surface area is 121 Å². The maximum Gasteiger partial charge on any atom is 0.307 e. The topological polar surface area (TPSA) is 54.4 Å². The minimum Gasteiger partial charge on any atom is -0.481 e. The number of aliphatic carboxylic acids is 1. The Bertz CT molecular complexity index is 478. The summed E-state index contributed by atoms with van der Waals surface area (Å²) in [5.41, 5.74) is 1.79. The lowest BCUT2D eigenvalue weighted by molar-refractivity contribution is -0.143. The molecule has 0 aromatic heterocycles. The Morgan fingerprint density at radius 2 is 1.60 bits per heavy atom. The van der Waals surface area contributed by atoms with Crippen LogP contribution >= 0.6 is 0 Å². The van der Waals surface area contributed by atoms with E-state index in [-0.39, 0.29) is 23.5 Å². The zero-order chi connectivity index (χ0) is 15.5. The summed E-state index contributed by atoms with van der Waals surface area (Å²) in [6.07, 6.45) is 0.0574. The highest BCUT2D eigenvalue weighted by atomic mass is 16.4. The number of hydrogen-bond donors (Lipinski definition) is 1. The van der Waals surface area contributed by atoms with Crippen molar-refractivity contribution in [2.24, 2.45) is 11.8 Å². The smallest absolute Gasteiger partial charge is 0.307 e. The fraction of sp³-hybridized carbons (Fsp3) is 0.529. The van der Waals surface area contributed by atoms with Crippen LogP contribution in [0.15, 0.2) is 24.3 Å². The van der Waals surface area contributed by atoms with Crippen LogP contribution in [0.25, 0.3) is 0 Å². The highest BCUT2D eigenvalue weighted by Gasteiger charge is 2.25. The van der Waals surface area contributed by atoms with Crippen LogP contribution in [0.2, 0.25) is 0 Å². The lowest BCUT2D eigenvalue weighted by Gasteiger charge is -2.19. The van der Waals surface area contributed by atoms with E-state index in [4.69, 9.17) is 5.11 Å². The van der Waals surface area contributed by atoms with Gasteiger partial charge in [-0.1, -0.05) is 58.9 Å². The molecule has 0 amide bonds. The van der Waals surface area contributed by atoms with Crippen molar-refractivity contribution in [3.05, 3.63) is 35.4 Å². The molecule has 1 aromatic carbocycles. The molecule has 0 aliphatic rings. The molecule has 0 radical (unpaired) electrons. The standard InChI is InChI=1S/C17H24O3/c1-11(2)14(16(19)20)10-15(18)12-6-8-13(9-7-12)17(3,4)5/h6-9,11,14H,10H2,1-5H3,(H,19,20). The summed E-state index contributed by atoms with van der Waals surface area (Å²) in [5.74, 6) is -1.68. The Hall–Kier alpha value is -1.64. The van der Waals surface area contributed by atoms with Crippen LogP contribution < -0.4 is 0 Å². The number of carbonyl (C=O) groups is 2. The summed E-state index contributed by atoms with van der Waals surface area (Å²) < 4.78 is 0. The number of rotatable bonds is 5. The molecule has 0 bridgehead atoms. The number of Topliss-reactive ketones (excluding diaryl/α,β-unsaturated/α-hetero) is 1. The molecule has 1 atom stereocenters. The molecule has 1 rings (SSSR count). The minimum atomic E-state index is -0.903. The normalized spacial score (nSPS) is 13.3. The van der Waals surface area contributed by atoms with Crippen LogP contribution in [0.3, 0.4) is 0 Å². The van der Waals surface area contributed by atoms with Crippen molar-refractivity contribution in [3.8, 4) is 0 Å². The zero-order valence-corrected chi connectivity index (χ0v) is 12.9. The van der Waals surface area contributed by atoms with E-state index in [9.17, 15) is 9.59 Å². The second kappa shape index (κ2) is 6.21. The summed E-state index contributed by atoms with van der Waals surface area (Å²) >= 11 is 0. The molecule has 20 heavy (non-hydrogen) atoms. The SMILES string of the molecule is CC(C)C(CC(=O)c1ccc(C(C)(C)C)cc1)C(=O)O. The predicted molar refractivity (Wildman–Crippen MR) is 80.1 cm³/mol. The van der Waals surface area contributed by atoms with E-state index < -0.39 is 11.9 Å². The second-order valence-electron chi connectivity index (χ2n) is 6.64.